The second-order valence-corrected chi connectivity index (χ2v) is 17.4. The van der Waals surface area contributed by atoms with Gasteiger partial charge in [0.2, 0.25) is 17.7 Å². The molecule has 3 aliphatic heterocycles. The molecule has 0 saturated carbocycles. The molecule has 1 unspecified atom stereocenters. The van der Waals surface area contributed by atoms with Crippen LogP contribution in [-0.4, -0.2) is 92.4 Å². The maximum Gasteiger partial charge on any atom is 0.313 e. The van der Waals surface area contributed by atoms with Gasteiger partial charge in [-0.2, -0.15) is 0 Å². The number of aliphatic hydroxyl groups is 1. The topological polar surface area (TPSA) is 125 Å². The number of nitrogens with one attached hydrogen (secondary N) is 1. The average molecular weight is 773 g/mol. The number of allylic oxidation sites excluding steroid dienone is 1. The lowest BCUT2D eigenvalue weighted by molar-refractivity contribution is -0.162. The molecule has 4 rings (SSSR count). The summed E-state index contributed by atoms with van der Waals surface area (Å²) in [7, 11) is 0. The molecule has 2 bridgehead atoms. The summed E-state index contributed by atoms with van der Waals surface area (Å²) in [6.45, 7) is 20.5. The van der Waals surface area contributed by atoms with Crippen LogP contribution in [0.3, 0.4) is 0 Å². The molecule has 3 aliphatic rings. The number of rotatable bonds is 18. The number of ether oxygens (including phenoxy) is 2. The second kappa shape index (κ2) is 16.8. The van der Waals surface area contributed by atoms with Gasteiger partial charge in [-0.3, -0.25) is 19.2 Å². The number of hydrogen-bond donors (Lipinski definition) is 2. The highest BCUT2D eigenvalue weighted by Crippen LogP contribution is 2.61. The zero-order valence-corrected chi connectivity index (χ0v) is 32.8. The third-order valence-corrected chi connectivity index (χ3v) is 11.3. The standard InChI is InChI=1S/C40H58BrN3O7/c1-9-11-20-29(46)42-26(3)32(27-18-14-12-15-19-27)50-37(49)30-31-35(47)43(22-16-13-17-23-45)34(40(31)24-28(41)33(30)51-40)36(48)44(21-10-2)39(7,8)25-38(4,5)6/h9-10,12,14-15,18-19,26,28,30-34,45H,1-2,11,13,16-17,20-25H2,3-8H3,(H,42,46)/t26-,28?,30+,31-,32-,33+,34+,40-/m0/s1. The fourth-order valence-corrected chi connectivity index (χ4v) is 9.68. The molecule has 0 aliphatic carbocycles. The number of carbonyl (C=O) groups is 4. The van der Waals surface area contributed by atoms with Crippen LogP contribution in [0.15, 0.2) is 55.6 Å². The first-order valence-corrected chi connectivity index (χ1v) is 19.3. The van der Waals surface area contributed by atoms with Crippen LogP contribution in [0.5, 0.6) is 0 Å². The molecule has 3 amide bonds. The predicted octanol–water partition coefficient (Wildman–Crippen LogP) is 5.88. The fraction of sp³-hybridized carbons (Fsp3) is 0.650. The molecule has 1 aromatic rings. The number of unbranched alkanes of at least 4 members (excludes halogenated alkanes) is 2. The van der Waals surface area contributed by atoms with Gasteiger partial charge >= 0.3 is 5.97 Å². The van der Waals surface area contributed by atoms with E-state index in [1.54, 1.807) is 24.0 Å². The van der Waals surface area contributed by atoms with Crippen LogP contribution in [0, 0.1) is 17.3 Å². The van der Waals surface area contributed by atoms with Crippen molar-refractivity contribution >= 4 is 39.6 Å². The summed E-state index contributed by atoms with van der Waals surface area (Å²) in [5.41, 5.74) is -1.22. The van der Waals surface area contributed by atoms with Crippen LogP contribution in [0.25, 0.3) is 0 Å². The average Bonchev–Trinajstić information content (AvgIpc) is 3.65. The van der Waals surface area contributed by atoms with E-state index in [1.807, 2.05) is 49.1 Å². The van der Waals surface area contributed by atoms with E-state index >= 15 is 4.79 Å². The summed E-state index contributed by atoms with van der Waals surface area (Å²) >= 11 is 3.77. The van der Waals surface area contributed by atoms with Gasteiger partial charge in [-0.25, -0.2) is 0 Å². The Hall–Kier alpha value is -3.02. The maximum atomic E-state index is 15.0. The highest BCUT2D eigenvalue weighted by Gasteiger charge is 2.77. The van der Waals surface area contributed by atoms with Crippen molar-refractivity contribution in [3.8, 4) is 0 Å². The lowest BCUT2D eigenvalue weighted by atomic mass is 9.70. The van der Waals surface area contributed by atoms with E-state index in [0.717, 1.165) is 0 Å². The molecular weight excluding hydrogens is 714 g/mol. The largest absolute Gasteiger partial charge is 0.455 e. The summed E-state index contributed by atoms with van der Waals surface area (Å²) in [5.74, 6) is -3.22. The van der Waals surface area contributed by atoms with E-state index < -0.39 is 53.2 Å². The van der Waals surface area contributed by atoms with Crippen LogP contribution in [0.2, 0.25) is 0 Å². The van der Waals surface area contributed by atoms with Crippen molar-refractivity contribution in [3.05, 3.63) is 61.2 Å². The summed E-state index contributed by atoms with van der Waals surface area (Å²) in [6, 6.07) is 7.69. The third kappa shape index (κ3) is 8.79. The van der Waals surface area contributed by atoms with Gasteiger partial charge in [0, 0.05) is 36.5 Å². The van der Waals surface area contributed by atoms with E-state index in [-0.39, 0.29) is 54.1 Å². The van der Waals surface area contributed by atoms with Gasteiger partial charge in [0.05, 0.1) is 24.0 Å². The molecule has 51 heavy (non-hydrogen) atoms. The first-order chi connectivity index (χ1) is 24.0. The number of aliphatic hydroxyl groups excluding tert-OH is 1. The third-order valence-electron chi connectivity index (χ3n) is 10.4. The van der Waals surface area contributed by atoms with Crippen molar-refractivity contribution in [2.75, 3.05) is 19.7 Å². The van der Waals surface area contributed by atoms with Gasteiger partial charge < -0.3 is 29.7 Å². The lowest BCUT2D eigenvalue weighted by Crippen LogP contribution is -2.61. The minimum atomic E-state index is -1.25. The molecule has 2 N–H and O–H groups in total. The normalized spacial score (nSPS) is 26.7. The molecule has 11 heteroatoms. The monoisotopic (exact) mass is 771 g/mol. The highest BCUT2D eigenvalue weighted by molar-refractivity contribution is 9.09. The Bertz CT molecular complexity index is 1430. The zero-order chi connectivity index (χ0) is 37.7. The van der Waals surface area contributed by atoms with Crippen molar-refractivity contribution in [2.24, 2.45) is 17.3 Å². The number of carbonyl (C=O) groups excluding carboxylic acids is 4. The van der Waals surface area contributed by atoms with Crippen molar-refractivity contribution < 1.29 is 33.8 Å². The Balaban J connectivity index is 1.72. The Morgan fingerprint density at radius 3 is 2.43 bits per heavy atom. The highest BCUT2D eigenvalue weighted by atomic mass is 79.9. The summed E-state index contributed by atoms with van der Waals surface area (Å²) < 4.78 is 13.1. The molecular formula is C40H58BrN3O7. The first kappa shape index (κ1) is 40.7. The Kier molecular flexibility index (Phi) is 13.4. The van der Waals surface area contributed by atoms with Gasteiger partial charge in [0.15, 0.2) is 0 Å². The van der Waals surface area contributed by atoms with Gasteiger partial charge in [-0.05, 0) is 70.3 Å². The smallest absolute Gasteiger partial charge is 0.313 e. The quantitative estimate of drug-likeness (QED) is 0.0827. The van der Waals surface area contributed by atoms with E-state index in [2.05, 4.69) is 55.2 Å². The molecule has 8 atom stereocenters. The number of benzene rings is 1. The number of alkyl halides is 1. The number of hydrogen-bond acceptors (Lipinski definition) is 7. The van der Waals surface area contributed by atoms with Crippen LogP contribution in [-0.2, 0) is 28.7 Å². The Morgan fingerprint density at radius 2 is 1.82 bits per heavy atom. The predicted molar refractivity (Wildman–Crippen MR) is 201 cm³/mol. The number of fused-ring (bicyclic) bond motifs is 1. The molecule has 10 nitrogen and oxygen atoms in total. The molecule has 1 spiro atoms. The number of likely N-dealkylation sites (tertiary alicyclic amines) is 1. The fourth-order valence-electron chi connectivity index (χ4n) is 8.73. The summed E-state index contributed by atoms with van der Waals surface area (Å²) in [5, 5.41) is 12.4. The Morgan fingerprint density at radius 1 is 1.14 bits per heavy atom. The molecule has 1 aromatic carbocycles. The number of halogens is 1. The molecule has 3 saturated heterocycles. The van der Waals surface area contributed by atoms with Crippen LogP contribution in [0.1, 0.15) is 98.2 Å². The van der Waals surface area contributed by atoms with Gasteiger partial charge in [0.25, 0.3) is 0 Å². The van der Waals surface area contributed by atoms with Crippen molar-refractivity contribution in [1.29, 1.82) is 0 Å². The molecule has 0 aromatic heterocycles. The summed E-state index contributed by atoms with van der Waals surface area (Å²) in [6.07, 6.45) is 5.55. The van der Waals surface area contributed by atoms with Crippen molar-refractivity contribution in [3.63, 3.8) is 0 Å². The zero-order valence-electron chi connectivity index (χ0n) is 31.2. The maximum absolute atomic E-state index is 15.0. The number of amides is 3. The second-order valence-electron chi connectivity index (χ2n) is 16.2. The molecule has 0 radical (unpaired) electrons. The van der Waals surface area contributed by atoms with Gasteiger partial charge in [0.1, 0.15) is 17.7 Å². The van der Waals surface area contributed by atoms with E-state index in [0.29, 0.717) is 44.1 Å². The molecule has 3 fully saturated rings. The van der Waals surface area contributed by atoms with Gasteiger partial charge in [-0.15, -0.1) is 13.2 Å². The number of esters is 1. The van der Waals surface area contributed by atoms with Crippen molar-refractivity contribution in [2.45, 2.75) is 127 Å². The first-order valence-electron chi connectivity index (χ1n) is 18.3. The molecule has 282 valence electrons. The molecule has 3 heterocycles. The minimum absolute atomic E-state index is 0.0384. The lowest BCUT2D eigenvalue weighted by Gasteiger charge is -2.45. The minimum Gasteiger partial charge on any atom is -0.455 e. The SMILES string of the molecule is C=CCCC(=O)N[C@@H](C)[C@H](OC(=O)[C@H]1[C@@H]2O[C@@]3(CC2Br)[C@@H]1C(=O)N(CCCCCO)[C@@H]3C(=O)N(CC=C)C(C)(C)CC(C)(C)C)c1ccccc1. The summed E-state index contributed by atoms with van der Waals surface area (Å²) in [4.78, 5) is 60.1. The van der Waals surface area contributed by atoms with E-state index in [4.69, 9.17) is 9.47 Å². The van der Waals surface area contributed by atoms with Crippen molar-refractivity contribution in [1.82, 2.24) is 15.1 Å². The van der Waals surface area contributed by atoms with Crippen LogP contribution in [0.4, 0.5) is 0 Å². The van der Waals surface area contributed by atoms with E-state index in [1.165, 1.54) is 0 Å². The van der Waals surface area contributed by atoms with Crippen LogP contribution < -0.4 is 5.32 Å². The number of nitrogens with zero attached hydrogens (tertiary/aromatic N) is 2. The van der Waals surface area contributed by atoms with E-state index in [9.17, 15) is 19.5 Å². The van der Waals surface area contributed by atoms with Crippen LogP contribution >= 0.6 is 15.9 Å². The Labute approximate surface area is 312 Å². The van der Waals surface area contributed by atoms with Gasteiger partial charge in [-0.1, -0.05) is 79.2 Å².